The van der Waals surface area contributed by atoms with Crippen LogP contribution < -0.4 is 5.32 Å². The van der Waals surface area contributed by atoms with E-state index in [1.165, 1.54) is 6.21 Å². The summed E-state index contributed by atoms with van der Waals surface area (Å²) < 4.78 is 1.65. The topological polar surface area (TPSA) is 52.3 Å². The van der Waals surface area contributed by atoms with Crippen LogP contribution >= 0.6 is 0 Å². The van der Waals surface area contributed by atoms with Crippen molar-refractivity contribution in [3.05, 3.63) is 0 Å². The molecule has 4 nitrogen and oxygen atoms in total. The summed E-state index contributed by atoms with van der Waals surface area (Å²) in [6.45, 7) is 0.288. The summed E-state index contributed by atoms with van der Waals surface area (Å²) in [7, 11) is 3.52. The van der Waals surface area contributed by atoms with Gasteiger partial charge in [-0.15, -0.1) is 0 Å². The van der Waals surface area contributed by atoms with E-state index in [0.717, 1.165) is 0 Å². The molecule has 0 fully saturated rings. The number of aliphatic hydroxyl groups is 1. The van der Waals surface area contributed by atoms with Crippen molar-refractivity contribution in [1.82, 2.24) is 5.32 Å². The summed E-state index contributed by atoms with van der Waals surface area (Å²) in [6.07, 6.45) is 1.41. The van der Waals surface area contributed by atoms with Crippen LogP contribution in [0.25, 0.3) is 0 Å². The van der Waals surface area contributed by atoms with E-state index in [4.69, 9.17) is 5.11 Å². The van der Waals surface area contributed by atoms with Crippen LogP contribution in [0.2, 0.25) is 0 Å². The predicted octanol–water partition coefficient (Wildman–Crippen LogP) is -1.56. The van der Waals surface area contributed by atoms with Gasteiger partial charge < -0.3 is 10.4 Å². The van der Waals surface area contributed by atoms with Crippen LogP contribution in [-0.2, 0) is 4.79 Å². The number of nitrogens with zero attached hydrogens (tertiary/aromatic N) is 1. The van der Waals surface area contributed by atoms with Gasteiger partial charge in [-0.25, -0.2) is 4.58 Å². The Kier molecular flexibility index (Phi) is 4.49. The number of hydrogen-bond acceptors (Lipinski definition) is 2. The van der Waals surface area contributed by atoms with Gasteiger partial charge in [0.05, 0.1) is 6.61 Å². The van der Waals surface area contributed by atoms with Gasteiger partial charge in [0.2, 0.25) is 6.21 Å². The quantitative estimate of drug-likeness (QED) is 0.372. The molecule has 0 aliphatic rings. The summed E-state index contributed by atoms with van der Waals surface area (Å²) in [4.78, 5) is 10.7. The first-order chi connectivity index (χ1) is 4.66. The van der Waals surface area contributed by atoms with Crippen LogP contribution in [0.5, 0.6) is 0 Å². The average Bonchev–Trinajstić information content (AvgIpc) is 1.82. The summed E-state index contributed by atoms with van der Waals surface area (Å²) in [5.74, 6) is -0.181. The third-order valence-corrected chi connectivity index (χ3v) is 0.786. The fourth-order valence-electron chi connectivity index (χ4n) is 0.459. The molecule has 0 aliphatic carbocycles. The van der Waals surface area contributed by atoms with Crippen LogP contribution in [-0.4, -0.2) is 49.1 Å². The molecule has 0 rings (SSSR count). The Morgan fingerprint density at radius 3 is 2.70 bits per heavy atom. The molecule has 0 aromatic carbocycles. The maximum Gasteiger partial charge on any atom is 0.307 e. The molecule has 0 saturated heterocycles. The number of rotatable bonds is 3. The first-order valence-corrected chi connectivity index (χ1v) is 3.07. The molecule has 0 atom stereocenters. The largest absolute Gasteiger partial charge is 0.395 e. The van der Waals surface area contributed by atoms with Crippen molar-refractivity contribution in [3.8, 4) is 0 Å². The van der Waals surface area contributed by atoms with Crippen LogP contribution in [0.3, 0.4) is 0 Å². The van der Waals surface area contributed by atoms with Crippen LogP contribution in [0.1, 0.15) is 0 Å². The summed E-state index contributed by atoms with van der Waals surface area (Å²) in [6, 6.07) is 0. The molecule has 58 valence electrons. The molecule has 0 saturated carbocycles. The van der Waals surface area contributed by atoms with Crippen molar-refractivity contribution in [3.63, 3.8) is 0 Å². The first kappa shape index (κ1) is 9.10. The lowest BCUT2D eigenvalue weighted by molar-refractivity contribution is -0.458. The van der Waals surface area contributed by atoms with Crippen molar-refractivity contribution in [2.75, 3.05) is 27.2 Å². The van der Waals surface area contributed by atoms with Gasteiger partial charge in [-0.1, -0.05) is 0 Å². The predicted molar refractivity (Wildman–Crippen MR) is 38.3 cm³/mol. The average molecular weight is 145 g/mol. The second-order valence-electron chi connectivity index (χ2n) is 2.11. The molecule has 0 radical (unpaired) electrons. The molecule has 0 bridgehead atoms. The number of carbonyl (C=O) groups is 1. The smallest absolute Gasteiger partial charge is 0.307 e. The minimum absolute atomic E-state index is 0.0208. The number of aliphatic hydroxyl groups excluding tert-OH is 1. The second-order valence-corrected chi connectivity index (χ2v) is 2.11. The Morgan fingerprint density at radius 2 is 2.30 bits per heavy atom. The standard InChI is InChI=1S/C6H12N2O2/c1-8(2)5-6(10)7-3-4-9/h5,9H,3-4H2,1-2H3/p+1. The molecule has 0 heterocycles. The van der Waals surface area contributed by atoms with Gasteiger partial charge in [-0.05, 0) is 0 Å². The van der Waals surface area contributed by atoms with Crippen LogP contribution in [0.4, 0.5) is 0 Å². The number of amides is 1. The Balaban J connectivity index is 3.54. The third-order valence-electron chi connectivity index (χ3n) is 0.786. The van der Waals surface area contributed by atoms with Crippen molar-refractivity contribution in [2.45, 2.75) is 0 Å². The van der Waals surface area contributed by atoms with E-state index >= 15 is 0 Å². The summed E-state index contributed by atoms with van der Waals surface area (Å²) in [5, 5.41) is 10.8. The molecule has 1 amide bonds. The molecule has 0 aliphatic heterocycles. The second kappa shape index (κ2) is 4.93. The minimum Gasteiger partial charge on any atom is -0.395 e. The van der Waals surface area contributed by atoms with E-state index in [1.54, 1.807) is 18.7 Å². The third kappa shape index (κ3) is 5.24. The van der Waals surface area contributed by atoms with Crippen molar-refractivity contribution in [1.29, 1.82) is 0 Å². The normalized spacial score (nSPS) is 8.70. The van der Waals surface area contributed by atoms with Gasteiger partial charge in [0.15, 0.2) is 0 Å². The van der Waals surface area contributed by atoms with Crippen molar-refractivity contribution in [2.24, 2.45) is 0 Å². The maximum absolute atomic E-state index is 10.7. The lowest BCUT2D eigenvalue weighted by Crippen LogP contribution is -2.29. The number of carbonyl (C=O) groups excluding carboxylic acids is 1. The van der Waals surface area contributed by atoms with Gasteiger partial charge in [0, 0.05) is 6.54 Å². The van der Waals surface area contributed by atoms with Gasteiger partial charge >= 0.3 is 5.91 Å². The Bertz CT molecular complexity index is 139. The zero-order valence-electron chi connectivity index (χ0n) is 6.29. The monoisotopic (exact) mass is 145 g/mol. The fraction of sp³-hybridized carbons (Fsp3) is 0.667. The minimum atomic E-state index is -0.181. The van der Waals surface area contributed by atoms with Gasteiger partial charge in [0.25, 0.3) is 0 Å². The molecular formula is C6H13N2O2+. The molecule has 10 heavy (non-hydrogen) atoms. The highest BCUT2D eigenvalue weighted by atomic mass is 16.3. The Labute approximate surface area is 60.2 Å². The van der Waals surface area contributed by atoms with E-state index in [-0.39, 0.29) is 12.5 Å². The zero-order valence-corrected chi connectivity index (χ0v) is 6.29. The summed E-state index contributed by atoms with van der Waals surface area (Å²) >= 11 is 0. The SMILES string of the molecule is C[N+](C)=CC(=O)NCCO. The van der Waals surface area contributed by atoms with Crippen LogP contribution in [0.15, 0.2) is 0 Å². The number of hydrogen-bond donors (Lipinski definition) is 2. The van der Waals surface area contributed by atoms with Gasteiger partial charge in [-0.3, -0.25) is 4.79 Å². The fourth-order valence-corrected chi connectivity index (χ4v) is 0.459. The van der Waals surface area contributed by atoms with E-state index < -0.39 is 0 Å². The molecule has 0 aromatic rings. The van der Waals surface area contributed by atoms with Crippen molar-refractivity contribution >= 4 is 12.1 Å². The van der Waals surface area contributed by atoms with E-state index in [9.17, 15) is 4.79 Å². The molecular weight excluding hydrogens is 132 g/mol. The Morgan fingerprint density at radius 1 is 1.70 bits per heavy atom. The first-order valence-electron chi connectivity index (χ1n) is 3.07. The molecule has 0 unspecified atom stereocenters. The molecule has 2 N–H and O–H groups in total. The highest BCUT2D eigenvalue weighted by Gasteiger charge is 1.97. The van der Waals surface area contributed by atoms with Crippen LogP contribution in [0, 0.1) is 0 Å². The lowest BCUT2D eigenvalue weighted by atomic mass is 10.6. The van der Waals surface area contributed by atoms with E-state index in [0.29, 0.717) is 6.54 Å². The van der Waals surface area contributed by atoms with E-state index in [2.05, 4.69) is 5.32 Å². The highest BCUT2D eigenvalue weighted by Crippen LogP contribution is 1.59. The lowest BCUT2D eigenvalue weighted by Gasteiger charge is -1.94. The molecule has 0 spiro atoms. The molecule has 0 aromatic heterocycles. The van der Waals surface area contributed by atoms with Gasteiger partial charge in [0.1, 0.15) is 14.1 Å². The molecule has 4 heteroatoms. The highest BCUT2D eigenvalue weighted by molar-refractivity contribution is 6.24. The van der Waals surface area contributed by atoms with Crippen molar-refractivity contribution < 1.29 is 14.5 Å². The van der Waals surface area contributed by atoms with Gasteiger partial charge in [-0.2, -0.15) is 0 Å². The van der Waals surface area contributed by atoms with E-state index in [1.807, 2.05) is 0 Å². The maximum atomic E-state index is 10.7. The Hall–Kier alpha value is -0.900. The summed E-state index contributed by atoms with van der Waals surface area (Å²) in [5.41, 5.74) is 0. The zero-order chi connectivity index (χ0) is 7.98. The number of nitrogens with one attached hydrogen (secondary N) is 1.